The summed E-state index contributed by atoms with van der Waals surface area (Å²) < 4.78 is 8.65. The van der Waals surface area contributed by atoms with E-state index in [0.29, 0.717) is 49.0 Å². The quantitative estimate of drug-likeness (QED) is 0.264. The molecule has 0 fully saturated rings. The molecule has 0 N–H and O–H groups in total. The summed E-state index contributed by atoms with van der Waals surface area (Å²) in [5.41, 5.74) is 1.73. The summed E-state index contributed by atoms with van der Waals surface area (Å²) in [6, 6.07) is 17.4. The first-order valence-electron chi connectivity index (χ1n) is 10.9. The number of carbonyl (C=O) groups excluding carboxylic acids is 1. The van der Waals surface area contributed by atoms with Crippen molar-refractivity contribution >= 4 is 34.3 Å². The van der Waals surface area contributed by atoms with Crippen LogP contribution in [-0.2, 0) is 22.6 Å². The molecule has 0 aliphatic heterocycles. The first kappa shape index (κ1) is 23.0. The third-order valence-corrected chi connectivity index (χ3v) is 6.40. The van der Waals surface area contributed by atoms with Crippen molar-refractivity contribution in [3.8, 4) is 0 Å². The Morgan fingerprint density at radius 1 is 1.09 bits per heavy atom. The Hall–Kier alpha value is -3.17. The predicted molar refractivity (Wildman–Crippen MR) is 130 cm³/mol. The summed E-state index contributed by atoms with van der Waals surface area (Å²) in [4.78, 5) is 27.9. The van der Waals surface area contributed by atoms with Crippen molar-refractivity contribution < 1.29 is 9.53 Å². The molecular formula is C24H27N5O3S. The van der Waals surface area contributed by atoms with Crippen molar-refractivity contribution in [3.63, 3.8) is 0 Å². The first-order chi connectivity index (χ1) is 16.1. The molecule has 1 amide bonds. The van der Waals surface area contributed by atoms with E-state index in [9.17, 15) is 9.59 Å². The Bertz CT molecular complexity index is 1300. The number of ether oxygens (including phenoxy) is 1. The Morgan fingerprint density at radius 3 is 2.61 bits per heavy atom. The zero-order valence-corrected chi connectivity index (χ0v) is 19.6. The smallest absolute Gasteiger partial charge is 0.262 e. The lowest BCUT2D eigenvalue weighted by atomic mass is 10.2. The first-order valence-corrected chi connectivity index (χ1v) is 11.9. The van der Waals surface area contributed by atoms with Crippen molar-refractivity contribution in [2.45, 2.75) is 31.6 Å². The molecule has 0 radical (unpaired) electrons. The molecule has 0 aliphatic carbocycles. The zero-order valence-electron chi connectivity index (χ0n) is 18.8. The van der Waals surface area contributed by atoms with E-state index < -0.39 is 0 Å². The number of para-hydroxylation sites is 1. The van der Waals surface area contributed by atoms with E-state index in [-0.39, 0.29) is 17.2 Å². The number of aromatic nitrogens is 4. The second-order valence-electron chi connectivity index (χ2n) is 7.62. The molecule has 8 nitrogen and oxygen atoms in total. The summed E-state index contributed by atoms with van der Waals surface area (Å²) in [5.74, 6) is 0.737. The van der Waals surface area contributed by atoms with Crippen LogP contribution in [0.1, 0.15) is 18.9 Å². The van der Waals surface area contributed by atoms with E-state index in [0.717, 1.165) is 11.1 Å². The van der Waals surface area contributed by atoms with Crippen molar-refractivity contribution in [2.75, 3.05) is 26.0 Å². The van der Waals surface area contributed by atoms with Crippen molar-refractivity contribution in [3.05, 3.63) is 70.5 Å². The van der Waals surface area contributed by atoms with Gasteiger partial charge in [-0.25, -0.2) is 0 Å². The number of benzene rings is 2. The second-order valence-corrected chi connectivity index (χ2v) is 8.56. The van der Waals surface area contributed by atoms with Crippen molar-refractivity contribution in [1.29, 1.82) is 0 Å². The van der Waals surface area contributed by atoms with E-state index in [4.69, 9.17) is 4.74 Å². The third-order valence-electron chi connectivity index (χ3n) is 5.48. The lowest BCUT2D eigenvalue weighted by Crippen LogP contribution is -2.31. The molecule has 172 valence electrons. The molecule has 0 unspecified atom stereocenters. The number of hydrogen-bond acceptors (Lipinski definition) is 6. The maximum Gasteiger partial charge on any atom is 0.262 e. The van der Waals surface area contributed by atoms with E-state index >= 15 is 0 Å². The molecule has 33 heavy (non-hydrogen) atoms. The van der Waals surface area contributed by atoms with Crippen LogP contribution in [0.4, 0.5) is 0 Å². The Kier molecular flexibility index (Phi) is 7.41. The highest BCUT2D eigenvalue weighted by molar-refractivity contribution is 7.99. The van der Waals surface area contributed by atoms with Crippen LogP contribution in [-0.4, -0.2) is 56.0 Å². The number of aryl methyl sites for hydroxylation is 1. The number of nitrogens with zero attached hydrogens (tertiary/aromatic N) is 5. The van der Waals surface area contributed by atoms with Crippen LogP contribution < -0.4 is 5.56 Å². The molecule has 9 heteroatoms. The predicted octanol–water partition coefficient (Wildman–Crippen LogP) is 3.22. The molecule has 0 bridgehead atoms. The van der Waals surface area contributed by atoms with Gasteiger partial charge in [0.25, 0.3) is 5.56 Å². The molecule has 0 aliphatic rings. The van der Waals surface area contributed by atoms with Gasteiger partial charge in [0.05, 0.1) is 16.7 Å². The Labute approximate surface area is 196 Å². The zero-order chi connectivity index (χ0) is 23.2. The highest BCUT2D eigenvalue weighted by atomic mass is 32.2. The maximum absolute atomic E-state index is 13.1. The summed E-state index contributed by atoms with van der Waals surface area (Å²) in [6.45, 7) is 4.19. The van der Waals surface area contributed by atoms with Gasteiger partial charge in [-0.05, 0) is 31.0 Å². The van der Waals surface area contributed by atoms with Gasteiger partial charge in [-0.1, -0.05) is 54.2 Å². The SMILES string of the molecule is CCN(Cc1ccccc1)C(=O)CSc1nnc2n(CCCOC)c(=O)c3ccccc3n12. The standard InChI is InChI=1S/C24H27N5O3S/c1-3-27(16-18-10-5-4-6-11-18)21(30)17-33-24-26-25-23-28(14-9-15-32-2)22(31)19-12-7-8-13-20(19)29(23)24/h4-8,10-13H,3,9,14-17H2,1-2H3. The highest BCUT2D eigenvalue weighted by Gasteiger charge is 2.19. The van der Waals surface area contributed by atoms with Crippen LogP contribution in [0.15, 0.2) is 64.5 Å². The van der Waals surface area contributed by atoms with Gasteiger partial charge >= 0.3 is 0 Å². The minimum Gasteiger partial charge on any atom is -0.385 e. The number of rotatable bonds is 10. The molecule has 0 atom stereocenters. The summed E-state index contributed by atoms with van der Waals surface area (Å²) in [6.07, 6.45) is 0.684. The Morgan fingerprint density at radius 2 is 1.85 bits per heavy atom. The number of fused-ring (bicyclic) bond motifs is 3. The molecule has 0 saturated carbocycles. The molecule has 2 heterocycles. The minimum absolute atomic E-state index is 0.0285. The molecule has 0 saturated heterocycles. The fraction of sp³-hybridized carbons (Fsp3) is 0.333. The lowest BCUT2D eigenvalue weighted by Gasteiger charge is -2.20. The van der Waals surface area contributed by atoms with Gasteiger partial charge in [0.1, 0.15) is 0 Å². The van der Waals surface area contributed by atoms with Crippen LogP contribution in [0.5, 0.6) is 0 Å². The second kappa shape index (κ2) is 10.6. The van der Waals surface area contributed by atoms with E-state index in [2.05, 4.69) is 10.2 Å². The highest BCUT2D eigenvalue weighted by Crippen LogP contribution is 2.22. The Balaban J connectivity index is 1.62. The van der Waals surface area contributed by atoms with E-state index in [1.165, 1.54) is 11.8 Å². The van der Waals surface area contributed by atoms with E-state index in [1.54, 1.807) is 11.7 Å². The van der Waals surface area contributed by atoms with Crippen LogP contribution in [0.2, 0.25) is 0 Å². The molecule has 2 aromatic carbocycles. The minimum atomic E-state index is -0.103. The van der Waals surface area contributed by atoms with Gasteiger partial charge in [-0.2, -0.15) is 0 Å². The number of carbonyl (C=O) groups is 1. The van der Waals surface area contributed by atoms with Gasteiger partial charge in [0, 0.05) is 33.4 Å². The molecule has 4 aromatic rings. The summed E-state index contributed by atoms with van der Waals surface area (Å²) in [7, 11) is 1.64. The average molecular weight is 466 g/mol. The van der Waals surface area contributed by atoms with Gasteiger partial charge < -0.3 is 9.64 Å². The topological polar surface area (TPSA) is 81.7 Å². The fourth-order valence-electron chi connectivity index (χ4n) is 3.79. The van der Waals surface area contributed by atoms with Gasteiger partial charge in [-0.3, -0.25) is 18.6 Å². The lowest BCUT2D eigenvalue weighted by molar-refractivity contribution is -0.128. The molecule has 2 aromatic heterocycles. The average Bonchev–Trinajstić information content (AvgIpc) is 3.27. The molecule has 4 rings (SSSR count). The van der Waals surface area contributed by atoms with Crippen LogP contribution in [0, 0.1) is 0 Å². The van der Waals surface area contributed by atoms with Crippen LogP contribution in [0.3, 0.4) is 0 Å². The fourth-order valence-corrected chi connectivity index (χ4v) is 4.64. The molecule has 0 spiro atoms. The van der Waals surface area contributed by atoms with Crippen molar-refractivity contribution in [2.24, 2.45) is 0 Å². The molecular weight excluding hydrogens is 438 g/mol. The number of amides is 1. The van der Waals surface area contributed by atoms with Crippen molar-refractivity contribution in [1.82, 2.24) is 24.1 Å². The number of hydrogen-bond donors (Lipinski definition) is 0. The van der Waals surface area contributed by atoms with Crippen LogP contribution >= 0.6 is 11.8 Å². The van der Waals surface area contributed by atoms with Crippen LogP contribution in [0.25, 0.3) is 16.7 Å². The maximum atomic E-state index is 13.1. The number of thioether (sulfide) groups is 1. The summed E-state index contributed by atoms with van der Waals surface area (Å²) in [5, 5.41) is 9.82. The van der Waals surface area contributed by atoms with E-state index in [1.807, 2.05) is 70.8 Å². The summed E-state index contributed by atoms with van der Waals surface area (Å²) >= 11 is 1.33. The number of methoxy groups -OCH3 is 1. The van der Waals surface area contributed by atoms with Gasteiger partial charge in [-0.15, -0.1) is 10.2 Å². The van der Waals surface area contributed by atoms with Gasteiger partial charge in [0.15, 0.2) is 5.16 Å². The normalized spacial score (nSPS) is 11.3. The largest absolute Gasteiger partial charge is 0.385 e. The monoisotopic (exact) mass is 465 g/mol. The third kappa shape index (κ3) is 4.94. The van der Waals surface area contributed by atoms with Gasteiger partial charge in [0.2, 0.25) is 11.7 Å².